The molecule has 5 nitrogen and oxygen atoms in total. The molecule has 22 heavy (non-hydrogen) atoms. The van der Waals surface area contributed by atoms with Crippen molar-refractivity contribution in [1.82, 2.24) is 10.3 Å². The fraction of sp³-hybridized carbons (Fsp3) is 0.294. The third-order valence-electron chi connectivity index (χ3n) is 3.47. The Morgan fingerprint density at radius 3 is 2.86 bits per heavy atom. The van der Waals surface area contributed by atoms with Crippen LogP contribution >= 0.6 is 0 Å². The summed E-state index contributed by atoms with van der Waals surface area (Å²) < 4.78 is 4.91. The summed E-state index contributed by atoms with van der Waals surface area (Å²) in [6.07, 6.45) is 1.62. The fourth-order valence-corrected chi connectivity index (χ4v) is 2.03. The van der Waals surface area contributed by atoms with Gasteiger partial charge in [-0.2, -0.15) is 0 Å². The number of rotatable bonds is 6. The summed E-state index contributed by atoms with van der Waals surface area (Å²) in [5.41, 5.74) is 4.64. The van der Waals surface area contributed by atoms with Crippen LogP contribution in [0.1, 0.15) is 21.6 Å². The van der Waals surface area contributed by atoms with E-state index in [4.69, 9.17) is 4.74 Å². The summed E-state index contributed by atoms with van der Waals surface area (Å²) in [7, 11) is 1.60. The quantitative estimate of drug-likeness (QED) is 0.805. The molecule has 2 rings (SSSR count). The number of hydrogen-bond donors (Lipinski definition) is 2. The molecular weight excluding hydrogens is 278 g/mol. The average molecular weight is 299 g/mol. The molecule has 0 radical (unpaired) electrons. The largest absolute Gasteiger partial charge is 0.383 e. The van der Waals surface area contributed by atoms with Gasteiger partial charge in [0.2, 0.25) is 0 Å². The highest BCUT2D eigenvalue weighted by molar-refractivity contribution is 5.93. The number of nitrogens with one attached hydrogen (secondary N) is 2. The van der Waals surface area contributed by atoms with Crippen LogP contribution in [-0.4, -0.2) is 31.2 Å². The number of pyridine rings is 1. The second-order valence-electron chi connectivity index (χ2n) is 5.05. The molecule has 0 aliphatic carbocycles. The topological polar surface area (TPSA) is 63.2 Å². The number of hydrogen-bond acceptors (Lipinski definition) is 4. The molecule has 1 aromatic carbocycles. The number of methoxy groups -OCH3 is 1. The molecule has 0 spiro atoms. The van der Waals surface area contributed by atoms with E-state index in [-0.39, 0.29) is 5.91 Å². The van der Waals surface area contributed by atoms with Crippen LogP contribution in [-0.2, 0) is 4.74 Å². The number of benzene rings is 1. The summed E-state index contributed by atoms with van der Waals surface area (Å²) in [6, 6.07) is 9.67. The molecule has 0 unspecified atom stereocenters. The zero-order chi connectivity index (χ0) is 15.9. The third-order valence-corrected chi connectivity index (χ3v) is 3.47. The first-order valence-electron chi connectivity index (χ1n) is 7.18. The van der Waals surface area contributed by atoms with Crippen LogP contribution in [0.15, 0.2) is 36.5 Å². The van der Waals surface area contributed by atoms with Crippen LogP contribution in [0.4, 0.5) is 11.4 Å². The second-order valence-corrected chi connectivity index (χ2v) is 5.05. The molecule has 5 heteroatoms. The van der Waals surface area contributed by atoms with Crippen molar-refractivity contribution in [3.63, 3.8) is 0 Å². The molecule has 0 aliphatic heterocycles. The summed E-state index contributed by atoms with van der Waals surface area (Å²) in [4.78, 5) is 16.1. The Bertz CT molecular complexity index is 656. The van der Waals surface area contributed by atoms with Crippen molar-refractivity contribution in [2.75, 3.05) is 25.6 Å². The first-order chi connectivity index (χ1) is 10.6. The van der Waals surface area contributed by atoms with Gasteiger partial charge in [-0.25, -0.2) is 0 Å². The monoisotopic (exact) mass is 299 g/mol. The van der Waals surface area contributed by atoms with Gasteiger partial charge in [0.1, 0.15) is 5.69 Å². The Kier molecular flexibility index (Phi) is 5.49. The molecule has 1 aromatic heterocycles. The summed E-state index contributed by atoms with van der Waals surface area (Å²) >= 11 is 0. The van der Waals surface area contributed by atoms with E-state index in [0.29, 0.717) is 18.8 Å². The van der Waals surface area contributed by atoms with Crippen LogP contribution in [0.3, 0.4) is 0 Å². The highest BCUT2D eigenvalue weighted by Crippen LogP contribution is 2.22. The van der Waals surface area contributed by atoms with E-state index in [1.54, 1.807) is 19.4 Å². The van der Waals surface area contributed by atoms with Gasteiger partial charge >= 0.3 is 0 Å². The number of aryl methyl sites for hydroxylation is 1. The number of aromatic nitrogens is 1. The lowest BCUT2D eigenvalue weighted by molar-refractivity contribution is 0.0932. The lowest BCUT2D eigenvalue weighted by Crippen LogP contribution is -2.27. The van der Waals surface area contributed by atoms with Gasteiger partial charge in [-0.05, 0) is 43.2 Å². The first kappa shape index (κ1) is 16.0. The molecule has 116 valence electrons. The molecule has 2 N–H and O–H groups in total. The highest BCUT2D eigenvalue weighted by atomic mass is 16.5. The van der Waals surface area contributed by atoms with E-state index in [2.05, 4.69) is 35.5 Å². The van der Waals surface area contributed by atoms with Gasteiger partial charge in [-0.3, -0.25) is 9.78 Å². The minimum Gasteiger partial charge on any atom is -0.383 e. The fourth-order valence-electron chi connectivity index (χ4n) is 2.03. The summed E-state index contributed by atoms with van der Waals surface area (Å²) in [5, 5.41) is 6.09. The molecule has 0 atom stereocenters. The van der Waals surface area contributed by atoms with Gasteiger partial charge in [0.25, 0.3) is 5.91 Å². The number of carbonyl (C=O) groups is 1. The molecule has 0 bridgehead atoms. The minimum atomic E-state index is -0.207. The lowest BCUT2D eigenvalue weighted by atomic mass is 10.1. The van der Waals surface area contributed by atoms with Crippen molar-refractivity contribution in [1.29, 1.82) is 0 Å². The van der Waals surface area contributed by atoms with Gasteiger partial charge in [0.15, 0.2) is 0 Å². The van der Waals surface area contributed by atoms with Gasteiger partial charge in [0.05, 0.1) is 6.61 Å². The van der Waals surface area contributed by atoms with Crippen molar-refractivity contribution >= 4 is 17.3 Å². The summed E-state index contributed by atoms with van der Waals surface area (Å²) in [6.45, 7) is 5.08. The maximum Gasteiger partial charge on any atom is 0.270 e. The zero-order valence-corrected chi connectivity index (χ0v) is 13.1. The number of carbonyl (C=O) groups excluding carboxylic acids is 1. The normalized spacial score (nSPS) is 10.3. The van der Waals surface area contributed by atoms with Crippen molar-refractivity contribution in [2.45, 2.75) is 13.8 Å². The van der Waals surface area contributed by atoms with Gasteiger partial charge in [0, 0.05) is 31.2 Å². The Labute approximate surface area is 130 Å². The Morgan fingerprint density at radius 1 is 1.27 bits per heavy atom. The average Bonchev–Trinajstić information content (AvgIpc) is 2.52. The molecule has 2 aromatic rings. The Hall–Kier alpha value is -2.40. The molecule has 1 heterocycles. The van der Waals surface area contributed by atoms with Crippen LogP contribution in [0.25, 0.3) is 0 Å². The van der Waals surface area contributed by atoms with Crippen LogP contribution < -0.4 is 10.6 Å². The molecule has 1 amide bonds. The predicted octanol–water partition coefficient (Wildman–Crippen LogP) is 2.82. The molecule has 0 fully saturated rings. The smallest absolute Gasteiger partial charge is 0.270 e. The van der Waals surface area contributed by atoms with Gasteiger partial charge in [-0.1, -0.05) is 12.1 Å². The van der Waals surface area contributed by atoms with Crippen molar-refractivity contribution in [2.24, 2.45) is 0 Å². The van der Waals surface area contributed by atoms with Crippen molar-refractivity contribution in [3.05, 3.63) is 53.3 Å². The highest BCUT2D eigenvalue weighted by Gasteiger charge is 2.08. The number of anilines is 2. The standard InChI is InChI=1S/C17H21N3O2/c1-12-5-4-6-15(13(12)2)20-14-7-8-18-16(11-14)17(21)19-9-10-22-3/h4-8,11H,9-10H2,1-3H3,(H,18,20)(H,19,21). The SMILES string of the molecule is COCCNC(=O)c1cc(Nc2cccc(C)c2C)ccn1. The number of nitrogens with zero attached hydrogens (tertiary/aromatic N) is 1. The van der Waals surface area contributed by atoms with E-state index in [1.807, 2.05) is 18.2 Å². The van der Waals surface area contributed by atoms with Crippen LogP contribution in [0, 0.1) is 13.8 Å². The summed E-state index contributed by atoms with van der Waals surface area (Å²) in [5.74, 6) is -0.207. The third kappa shape index (κ3) is 4.05. The lowest BCUT2D eigenvalue weighted by Gasteiger charge is -2.12. The number of amides is 1. The van der Waals surface area contributed by atoms with E-state index in [1.165, 1.54) is 11.1 Å². The molecule has 0 aliphatic rings. The Balaban J connectivity index is 2.11. The van der Waals surface area contributed by atoms with Crippen LogP contribution in [0.2, 0.25) is 0 Å². The van der Waals surface area contributed by atoms with Gasteiger partial charge in [-0.15, -0.1) is 0 Å². The molecular formula is C17H21N3O2. The van der Waals surface area contributed by atoms with E-state index >= 15 is 0 Å². The van der Waals surface area contributed by atoms with Crippen molar-refractivity contribution in [3.8, 4) is 0 Å². The minimum absolute atomic E-state index is 0.207. The number of ether oxygens (including phenoxy) is 1. The van der Waals surface area contributed by atoms with E-state index in [0.717, 1.165) is 11.4 Å². The zero-order valence-electron chi connectivity index (χ0n) is 13.1. The van der Waals surface area contributed by atoms with Crippen LogP contribution in [0.5, 0.6) is 0 Å². The van der Waals surface area contributed by atoms with Crippen molar-refractivity contribution < 1.29 is 9.53 Å². The maximum atomic E-state index is 12.0. The second kappa shape index (κ2) is 7.56. The maximum absolute atomic E-state index is 12.0. The van der Waals surface area contributed by atoms with E-state index in [9.17, 15) is 4.79 Å². The Morgan fingerprint density at radius 2 is 2.09 bits per heavy atom. The first-order valence-corrected chi connectivity index (χ1v) is 7.18. The molecule has 0 saturated heterocycles. The predicted molar refractivity (Wildman–Crippen MR) is 87.6 cm³/mol. The molecule has 0 saturated carbocycles. The van der Waals surface area contributed by atoms with E-state index < -0.39 is 0 Å². The van der Waals surface area contributed by atoms with Gasteiger partial charge < -0.3 is 15.4 Å².